The quantitative estimate of drug-likeness (QED) is 0.416. The fourth-order valence-corrected chi connectivity index (χ4v) is 4.65. The van der Waals surface area contributed by atoms with Gasteiger partial charge in [0, 0.05) is 22.7 Å². The lowest BCUT2D eigenvalue weighted by atomic mass is 9.79. The molecule has 1 atom stereocenters. The summed E-state index contributed by atoms with van der Waals surface area (Å²) in [6, 6.07) is 15.3. The second kappa shape index (κ2) is 8.63. The number of carbonyl (C=O) groups excluding carboxylic acids is 1. The molecule has 0 bridgehead atoms. The Labute approximate surface area is 199 Å². The van der Waals surface area contributed by atoms with Crippen LogP contribution in [-0.2, 0) is 0 Å². The Balaban J connectivity index is 1.70. The van der Waals surface area contributed by atoms with E-state index in [0.29, 0.717) is 15.8 Å². The molecular formula is C26H23BrFNO4. The second-order valence-corrected chi connectivity index (χ2v) is 9.71. The number of carbonyl (C=O) groups is 2. The fraction of sp³-hybridized carbons (Fsp3) is 0.231. The summed E-state index contributed by atoms with van der Waals surface area (Å²) in [4.78, 5) is 24.0. The number of hydrogen-bond acceptors (Lipinski definition) is 3. The minimum Gasteiger partial charge on any atom is -0.486 e. The molecule has 0 saturated heterocycles. The Morgan fingerprint density at radius 3 is 2.45 bits per heavy atom. The first-order valence-corrected chi connectivity index (χ1v) is 11.3. The predicted molar refractivity (Wildman–Crippen MR) is 128 cm³/mol. The molecule has 0 aromatic heterocycles. The van der Waals surface area contributed by atoms with Crippen molar-refractivity contribution in [3.63, 3.8) is 0 Å². The minimum absolute atomic E-state index is 0.0284. The van der Waals surface area contributed by atoms with E-state index < -0.39 is 28.9 Å². The van der Waals surface area contributed by atoms with Crippen molar-refractivity contribution in [2.24, 2.45) is 0 Å². The third kappa shape index (κ3) is 4.78. The number of amides is 1. The molecule has 4 rings (SSSR count). The summed E-state index contributed by atoms with van der Waals surface area (Å²) in [5.41, 5.74) is 2.90. The molecule has 0 spiro atoms. The Morgan fingerprint density at radius 2 is 1.82 bits per heavy atom. The molecule has 0 fully saturated rings. The van der Waals surface area contributed by atoms with Gasteiger partial charge in [0.25, 0.3) is 5.91 Å². The van der Waals surface area contributed by atoms with Gasteiger partial charge >= 0.3 is 5.97 Å². The van der Waals surface area contributed by atoms with Crippen molar-refractivity contribution < 1.29 is 23.8 Å². The van der Waals surface area contributed by atoms with Gasteiger partial charge < -0.3 is 15.2 Å². The van der Waals surface area contributed by atoms with Gasteiger partial charge in [0.2, 0.25) is 0 Å². The van der Waals surface area contributed by atoms with E-state index in [0.717, 1.165) is 29.7 Å². The molecule has 3 aromatic rings. The number of hydrogen-bond donors (Lipinski definition) is 2. The number of nitrogens with one attached hydrogen (secondary N) is 1. The Bertz CT molecular complexity index is 1250. The molecule has 1 aliphatic heterocycles. The van der Waals surface area contributed by atoms with Crippen LogP contribution in [0.25, 0.3) is 0 Å². The van der Waals surface area contributed by atoms with Crippen molar-refractivity contribution in [3.8, 4) is 5.75 Å². The van der Waals surface area contributed by atoms with Crippen LogP contribution in [0.15, 0.2) is 59.1 Å². The van der Waals surface area contributed by atoms with Gasteiger partial charge in [-0.25, -0.2) is 9.18 Å². The van der Waals surface area contributed by atoms with Crippen LogP contribution in [0.2, 0.25) is 0 Å². The second-order valence-electron chi connectivity index (χ2n) is 8.86. The van der Waals surface area contributed by atoms with Crippen LogP contribution in [0.3, 0.4) is 0 Å². The maximum absolute atomic E-state index is 14.0. The number of aryl methyl sites for hydroxylation is 1. The highest BCUT2D eigenvalue weighted by Gasteiger charge is 2.36. The van der Waals surface area contributed by atoms with Crippen LogP contribution < -0.4 is 10.1 Å². The average Bonchev–Trinajstić information content (AvgIpc) is 2.73. The number of carboxylic acids is 1. The molecule has 170 valence electrons. The lowest BCUT2D eigenvalue weighted by molar-refractivity contribution is 0.0691. The number of aromatic carboxylic acids is 1. The highest BCUT2D eigenvalue weighted by molar-refractivity contribution is 9.10. The molecule has 1 aliphatic rings. The largest absolute Gasteiger partial charge is 0.486 e. The number of halogens is 2. The summed E-state index contributed by atoms with van der Waals surface area (Å²) in [6.45, 7) is 6.12. The maximum atomic E-state index is 14.0. The summed E-state index contributed by atoms with van der Waals surface area (Å²) < 4.78 is 20.9. The van der Waals surface area contributed by atoms with Gasteiger partial charge in [-0.1, -0.05) is 29.8 Å². The lowest BCUT2D eigenvalue weighted by Crippen LogP contribution is -2.35. The monoisotopic (exact) mass is 511 g/mol. The normalized spacial score (nSPS) is 16.5. The van der Waals surface area contributed by atoms with E-state index in [9.17, 15) is 14.0 Å². The van der Waals surface area contributed by atoms with E-state index in [-0.39, 0.29) is 11.6 Å². The average molecular weight is 512 g/mol. The number of rotatable bonds is 4. The van der Waals surface area contributed by atoms with Crippen molar-refractivity contribution in [2.45, 2.75) is 38.7 Å². The van der Waals surface area contributed by atoms with Gasteiger partial charge in [0.1, 0.15) is 17.2 Å². The number of fused-ring (bicyclic) bond motifs is 1. The van der Waals surface area contributed by atoms with E-state index in [1.54, 1.807) is 12.1 Å². The van der Waals surface area contributed by atoms with Gasteiger partial charge in [-0.2, -0.15) is 0 Å². The fourth-order valence-electron chi connectivity index (χ4n) is 4.10. The van der Waals surface area contributed by atoms with E-state index in [4.69, 9.17) is 9.84 Å². The standard InChI is InChI=1S/C26H23BrFNO4/c1-14-4-6-15(7-5-14)20-13-26(2,3)33-23-19(20)10-16(11-21(23)27)24(30)29-17-8-9-18(25(31)32)22(28)12-17/h4-12,20H,13H2,1-3H3,(H,29,30)(H,31,32). The molecule has 7 heteroatoms. The van der Waals surface area contributed by atoms with Crippen LogP contribution in [0.5, 0.6) is 5.75 Å². The predicted octanol–water partition coefficient (Wildman–Crippen LogP) is 6.54. The topological polar surface area (TPSA) is 75.6 Å². The molecule has 0 radical (unpaired) electrons. The number of ether oxygens (including phenoxy) is 1. The SMILES string of the molecule is Cc1ccc(C2CC(C)(C)Oc3c(Br)cc(C(=O)Nc4ccc(C(=O)O)c(F)c4)cc32)cc1. The molecule has 5 nitrogen and oxygen atoms in total. The highest BCUT2D eigenvalue weighted by atomic mass is 79.9. The van der Waals surface area contributed by atoms with Crippen molar-refractivity contribution in [1.82, 2.24) is 0 Å². The Morgan fingerprint density at radius 1 is 1.12 bits per heavy atom. The third-order valence-corrected chi connectivity index (χ3v) is 6.31. The molecule has 3 aromatic carbocycles. The van der Waals surface area contributed by atoms with E-state index >= 15 is 0 Å². The third-order valence-electron chi connectivity index (χ3n) is 5.72. The van der Waals surface area contributed by atoms with Gasteiger partial charge in [-0.05, 0) is 79.0 Å². The first-order valence-electron chi connectivity index (χ1n) is 10.5. The van der Waals surface area contributed by atoms with Gasteiger partial charge in [0.15, 0.2) is 0 Å². The summed E-state index contributed by atoms with van der Waals surface area (Å²) in [5.74, 6) is -1.99. The van der Waals surface area contributed by atoms with E-state index in [1.165, 1.54) is 11.6 Å². The van der Waals surface area contributed by atoms with Crippen LogP contribution in [0.1, 0.15) is 63.6 Å². The minimum atomic E-state index is -1.37. The number of benzene rings is 3. The van der Waals surface area contributed by atoms with Gasteiger partial charge in [0.05, 0.1) is 10.0 Å². The van der Waals surface area contributed by atoms with Crippen LogP contribution in [0, 0.1) is 12.7 Å². The summed E-state index contributed by atoms with van der Waals surface area (Å²) in [6.07, 6.45) is 0.739. The van der Waals surface area contributed by atoms with Gasteiger partial charge in [-0.15, -0.1) is 0 Å². The lowest BCUT2D eigenvalue weighted by Gasteiger charge is -2.38. The molecule has 1 heterocycles. The van der Waals surface area contributed by atoms with Crippen LogP contribution >= 0.6 is 15.9 Å². The summed E-state index contributed by atoms with van der Waals surface area (Å²) in [5, 5.41) is 11.6. The molecule has 0 saturated carbocycles. The zero-order chi connectivity index (χ0) is 23.9. The van der Waals surface area contributed by atoms with Crippen molar-refractivity contribution in [2.75, 3.05) is 5.32 Å². The summed E-state index contributed by atoms with van der Waals surface area (Å²) >= 11 is 3.56. The van der Waals surface area contributed by atoms with Crippen molar-refractivity contribution >= 4 is 33.5 Å². The zero-order valence-corrected chi connectivity index (χ0v) is 20.0. The smallest absolute Gasteiger partial charge is 0.338 e. The molecule has 33 heavy (non-hydrogen) atoms. The molecule has 0 aliphatic carbocycles. The van der Waals surface area contributed by atoms with E-state index in [2.05, 4.69) is 45.5 Å². The van der Waals surface area contributed by atoms with Crippen molar-refractivity contribution in [3.05, 3.63) is 92.7 Å². The van der Waals surface area contributed by atoms with Crippen LogP contribution in [-0.4, -0.2) is 22.6 Å². The van der Waals surface area contributed by atoms with Crippen molar-refractivity contribution in [1.29, 1.82) is 0 Å². The first-order chi connectivity index (χ1) is 15.5. The molecule has 2 N–H and O–H groups in total. The molecular weight excluding hydrogens is 489 g/mol. The number of anilines is 1. The van der Waals surface area contributed by atoms with Crippen LogP contribution in [0.4, 0.5) is 10.1 Å². The Hall–Kier alpha value is -3.19. The summed E-state index contributed by atoms with van der Waals surface area (Å²) in [7, 11) is 0. The maximum Gasteiger partial charge on any atom is 0.338 e. The molecule has 1 unspecified atom stereocenters. The first kappa shape index (κ1) is 23.0. The van der Waals surface area contributed by atoms with Gasteiger partial charge in [-0.3, -0.25) is 4.79 Å². The zero-order valence-electron chi connectivity index (χ0n) is 18.4. The highest BCUT2D eigenvalue weighted by Crippen LogP contribution is 2.48. The Kier molecular flexibility index (Phi) is 6.01. The number of carboxylic acid groups (broad SMARTS) is 1. The van der Waals surface area contributed by atoms with E-state index in [1.807, 2.05) is 20.8 Å². The molecule has 1 amide bonds.